The molecule has 0 N–H and O–H groups in total. The molecule has 0 atom stereocenters. The van der Waals surface area contributed by atoms with Crippen molar-refractivity contribution in [1.29, 1.82) is 0 Å². The van der Waals surface area contributed by atoms with Crippen molar-refractivity contribution in [2.75, 3.05) is 10.7 Å². The standard InChI is InChI=1S/C27H28F3NO5S/c1-16(2)37(35,36)15-17-3-6-19(7-4-17)24(32)14-18-5-12-22-23(13-18)26(34)31(25(22)33)21-10-8-20(9-11-21)27(28,29)30/h5,8-13,16-17,19H,3-4,6-7,14-15H2,1-2H3. The molecule has 2 aliphatic rings. The molecule has 2 amide bonds. The average molecular weight is 536 g/mol. The first-order chi connectivity index (χ1) is 17.3. The van der Waals surface area contributed by atoms with Crippen molar-refractivity contribution in [2.45, 2.75) is 57.4 Å². The molecule has 37 heavy (non-hydrogen) atoms. The SMILES string of the molecule is CC(C)S(=O)(=O)CC1CCC(C(=O)Cc2ccc3c(c2)C(=O)N(c2ccc(C(F)(F)F)cc2)C3=O)CC1. The van der Waals surface area contributed by atoms with Gasteiger partial charge in [0.05, 0.1) is 33.4 Å². The van der Waals surface area contributed by atoms with Crippen LogP contribution in [0.25, 0.3) is 0 Å². The van der Waals surface area contributed by atoms with Crippen LogP contribution in [0.5, 0.6) is 0 Å². The summed E-state index contributed by atoms with van der Waals surface area (Å²) in [6.45, 7) is 3.34. The monoisotopic (exact) mass is 535 g/mol. The first-order valence-corrected chi connectivity index (χ1v) is 13.9. The maximum Gasteiger partial charge on any atom is 0.416 e. The van der Waals surface area contributed by atoms with E-state index in [0.29, 0.717) is 31.2 Å². The number of carbonyl (C=O) groups excluding carboxylic acids is 3. The van der Waals surface area contributed by atoms with Gasteiger partial charge in [-0.15, -0.1) is 0 Å². The lowest BCUT2D eigenvalue weighted by molar-refractivity contribution is -0.137. The van der Waals surface area contributed by atoms with Crippen molar-refractivity contribution in [3.8, 4) is 0 Å². The Kier molecular flexibility index (Phi) is 7.34. The van der Waals surface area contributed by atoms with E-state index in [-0.39, 0.29) is 46.6 Å². The van der Waals surface area contributed by atoms with E-state index in [2.05, 4.69) is 0 Å². The third-order valence-corrected chi connectivity index (χ3v) is 9.64. The number of benzene rings is 2. The second kappa shape index (κ2) is 10.0. The number of carbonyl (C=O) groups is 3. The summed E-state index contributed by atoms with van der Waals surface area (Å²) in [4.78, 5) is 39.6. The van der Waals surface area contributed by atoms with Gasteiger partial charge in [-0.25, -0.2) is 13.3 Å². The molecule has 1 heterocycles. The van der Waals surface area contributed by atoms with Crippen LogP contribution in [0.3, 0.4) is 0 Å². The summed E-state index contributed by atoms with van der Waals surface area (Å²) < 4.78 is 63.0. The van der Waals surface area contributed by atoms with Gasteiger partial charge in [0.1, 0.15) is 5.78 Å². The number of nitrogens with zero attached hydrogens (tertiary/aromatic N) is 1. The summed E-state index contributed by atoms with van der Waals surface area (Å²) in [5.41, 5.74) is -0.0354. The van der Waals surface area contributed by atoms with Crippen LogP contribution in [0.15, 0.2) is 42.5 Å². The van der Waals surface area contributed by atoms with Crippen LogP contribution >= 0.6 is 0 Å². The predicted molar refractivity (Wildman–Crippen MR) is 132 cm³/mol. The van der Waals surface area contributed by atoms with Crippen molar-refractivity contribution in [2.24, 2.45) is 11.8 Å². The number of Topliss-reactive ketones (excluding diaryl/α,β-unsaturated/α-hetero) is 1. The zero-order valence-corrected chi connectivity index (χ0v) is 21.4. The Bertz CT molecular complexity index is 1320. The number of hydrogen-bond acceptors (Lipinski definition) is 5. The molecule has 0 radical (unpaired) electrons. The van der Waals surface area contributed by atoms with Crippen LogP contribution in [-0.4, -0.2) is 37.0 Å². The molecule has 0 bridgehead atoms. The molecule has 2 aromatic carbocycles. The van der Waals surface area contributed by atoms with E-state index in [1.165, 1.54) is 12.1 Å². The number of anilines is 1. The fourth-order valence-corrected chi connectivity index (χ4v) is 6.32. The Hall–Kier alpha value is -3.01. The highest BCUT2D eigenvalue weighted by atomic mass is 32.2. The Labute approximate surface area is 213 Å². The summed E-state index contributed by atoms with van der Waals surface area (Å²) in [6, 6.07) is 8.37. The van der Waals surface area contributed by atoms with Crippen LogP contribution < -0.4 is 4.90 Å². The van der Waals surface area contributed by atoms with Crippen LogP contribution in [0.4, 0.5) is 18.9 Å². The average Bonchev–Trinajstić information content (AvgIpc) is 3.08. The van der Waals surface area contributed by atoms with E-state index >= 15 is 0 Å². The van der Waals surface area contributed by atoms with Crippen LogP contribution in [0.1, 0.15) is 71.4 Å². The second-order valence-electron chi connectivity index (χ2n) is 10.1. The van der Waals surface area contributed by atoms with E-state index < -0.39 is 38.6 Å². The number of halogens is 3. The molecule has 1 fully saturated rings. The quantitative estimate of drug-likeness (QED) is 0.452. The zero-order chi connectivity index (χ0) is 27.1. The number of imide groups is 1. The highest BCUT2D eigenvalue weighted by Crippen LogP contribution is 2.35. The Balaban J connectivity index is 1.41. The molecule has 1 aliphatic carbocycles. The van der Waals surface area contributed by atoms with Crippen molar-refractivity contribution in [1.82, 2.24) is 0 Å². The number of rotatable bonds is 7. The molecule has 2 aromatic rings. The molecule has 6 nitrogen and oxygen atoms in total. The van der Waals surface area contributed by atoms with Crippen molar-refractivity contribution >= 4 is 33.1 Å². The third-order valence-electron chi connectivity index (χ3n) is 7.27. The van der Waals surface area contributed by atoms with Gasteiger partial charge in [-0.3, -0.25) is 14.4 Å². The number of amides is 2. The van der Waals surface area contributed by atoms with Gasteiger partial charge in [-0.2, -0.15) is 13.2 Å². The molecule has 0 unspecified atom stereocenters. The smallest absolute Gasteiger partial charge is 0.299 e. The Morgan fingerprint density at radius 1 is 0.946 bits per heavy atom. The van der Waals surface area contributed by atoms with Crippen LogP contribution in [-0.2, 0) is 27.2 Å². The summed E-state index contributed by atoms with van der Waals surface area (Å²) in [5, 5.41) is -0.420. The van der Waals surface area contributed by atoms with Crippen molar-refractivity contribution in [3.63, 3.8) is 0 Å². The largest absolute Gasteiger partial charge is 0.416 e. The molecular weight excluding hydrogens is 507 g/mol. The molecule has 0 spiro atoms. The summed E-state index contributed by atoms with van der Waals surface area (Å²) >= 11 is 0. The second-order valence-corrected chi connectivity index (χ2v) is 12.7. The van der Waals surface area contributed by atoms with Crippen LogP contribution in [0.2, 0.25) is 0 Å². The minimum absolute atomic E-state index is 0.00137. The topological polar surface area (TPSA) is 88.6 Å². The maximum atomic E-state index is 13.0. The summed E-state index contributed by atoms with van der Waals surface area (Å²) in [6.07, 6.45) is -1.90. The minimum Gasteiger partial charge on any atom is -0.299 e. The Morgan fingerprint density at radius 2 is 1.54 bits per heavy atom. The zero-order valence-electron chi connectivity index (χ0n) is 20.5. The highest BCUT2D eigenvalue weighted by Gasteiger charge is 2.38. The van der Waals surface area contributed by atoms with Crippen LogP contribution in [0, 0.1) is 11.8 Å². The number of hydrogen-bond donors (Lipinski definition) is 0. The fraction of sp³-hybridized carbons (Fsp3) is 0.444. The van der Waals surface area contributed by atoms with E-state index in [0.717, 1.165) is 29.2 Å². The lowest BCUT2D eigenvalue weighted by atomic mass is 9.79. The van der Waals surface area contributed by atoms with Gasteiger partial charge in [0.25, 0.3) is 11.8 Å². The maximum absolute atomic E-state index is 13.0. The van der Waals surface area contributed by atoms with Gasteiger partial charge in [-0.1, -0.05) is 6.07 Å². The fourth-order valence-electron chi connectivity index (χ4n) is 4.95. The first-order valence-electron chi connectivity index (χ1n) is 12.2. The summed E-state index contributed by atoms with van der Waals surface area (Å²) in [7, 11) is -3.13. The molecule has 4 rings (SSSR count). The molecule has 1 aliphatic heterocycles. The van der Waals surface area contributed by atoms with Gasteiger partial charge >= 0.3 is 6.18 Å². The van der Waals surface area contributed by atoms with E-state index in [1.54, 1.807) is 19.9 Å². The van der Waals surface area contributed by atoms with E-state index in [9.17, 15) is 36.0 Å². The molecule has 0 saturated heterocycles. The molecular formula is C27H28F3NO5S. The van der Waals surface area contributed by atoms with Crippen molar-refractivity contribution < 1.29 is 36.0 Å². The molecule has 10 heteroatoms. The first kappa shape index (κ1) is 27.0. The highest BCUT2D eigenvalue weighted by molar-refractivity contribution is 7.91. The van der Waals surface area contributed by atoms with Gasteiger partial charge < -0.3 is 0 Å². The van der Waals surface area contributed by atoms with Gasteiger partial charge in [0, 0.05) is 12.3 Å². The predicted octanol–water partition coefficient (Wildman–Crippen LogP) is 5.25. The number of ketones is 1. The normalized spacial score (nSPS) is 20.4. The Morgan fingerprint density at radius 3 is 2.11 bits per heavy atom. The molecule has 0 aromatic heterocycles. The number of sulfone groups is 1. The van der Waals surface area contributed by atoms with E-state index in [4.69, 9.17) is 0 Å². The van der Waals surface area contributed by atoms with E-state index in [1.807, 2.05) is 0 Å². The molecule has 1 saturated carbocycles. The minimum atomic E-state index is -4.53. The number of alkyl halides is 3. The van der Waals surface area contributed by atoms with Gasteiger partial charge in [0.15, 0.2) is 9.84 Å². The van der Waals surface area contributed by atoms with Gasteiger partial charge in [0.2, 0.25) is 0 Å². The lowest BCUT2D eigenvalue weighted by Crippen LogP contribution is -2.29. The third kappa shape index (κ3) is 5.63. The van der Waals surface area contributed by atoms with Gasteiger partial charge in [-0.05, 0) is 87.4 Å². The number of fused-ring (bicyclic) bond motifs is 1. The lowest BCUT2D eigenvalue weighted by Gasteiger charge is -2.28. The molecule has 198 valence electrons. The van der Waals surface area contributed by atoms with Crippen molar-refractivity contribution in [3.05, 3.63) is 64.7 Å². The summed E-state index contributed by atoms with van der Waals surface area (Å²) in [5.74, 6) is -1.28.